The van der Waals surface area contributed by atoms with Crippen molar-refractivity contribution < 1.29 is 13.2 Å². The second-order valence-corrected chi connectivity index (χ2v) is 9.49. The van der Waals surface area contributed by atoms with Gasteiger partial charge in [-0.25, -0.2) is 13.4 Å². The van der Waals surface area contributed by atoms with Gasteiger partial charge >= 0.3 is 0 Å². The largest absolute Gasteiger partial charge is 0.496 e. The van der Waals surface area contributed by atoms with Crippen LogP contribution in [0.2, 0.25) is 0 Å². The summed E-state index contributed by atoms with van der Waals surface area (Å²) in [5.41, 5.74) is 1.03. The number of sulfonamides is 1. The number of benzene rings is 2. The number of hydrogen-bond acceptors (Lipinski definition) is 4. The number of methoxy groups -OCH3 is 1. The fourth-order valence-electron chi connectivity index (χ4n) is 3.68. The summed E-state index contributed by atoms with van der Waals surface area (Å²) >= 11 is 0. The van der Waals surface area contributed by atoms with E-state index in [1.165, 1.54) is 0 Å². The average Bonchev–Trinajstić information content (AvgIpc) is 2.82. The van der Waals surface area contributed by atoms with E-state index >= 15 is 0 Å². The number of nitrogens with one attached hydrogen (secondary N) is 2. The Morgan fingerprint density at radius 2 is 1.72 bits per heavy atom. The molecular formula is C23H33IN4O3S. The number of halogens is 1. The number of aliphatic imine (C=N–C) groups is 1. The number of hydrogen-bond donors (Lipinski definition) is 2. The molecule has 1 aliphatic heterocycles. The second kappa shape index (κ2) is 13.0. The van der Waals surface area contributed by atoms with Crippen molar-refractivity contribution >= 4 is 40.0 Å². The Balaban J connectivity index is 0.00000363. The molecule has 3 rings (SSSR count). The predicted octanol–water partition coefficient (Wildman–Crippen LogP) is 3.47. The quantitative estimate of drug-likeness (QED) is 0.288. The van der Waals surface area contributed by atoms with Gasteiger partial charge in [-0.1, -0.05) is 36.4 Å². The van der Waals surface area contributed by atoms with Gasteiger partial charge in [0, 0.05) is 31.7 Å². The first-order valence-electron chi connectivity index (χ1n) is 10.7. The number of para-hydroxylation sites is 1. The minimum atomic E-state index is -3.41. The summed E-state index contributed by atoms with van der Waals surface area (Å²) in [6.07, 6.45) is 1.65. The highest BCUT2D eigenvalue weighted by Gasteiger charge is 2.29. The van der Waals surface area contributed by atoms with Crippen molar-refractivity contribution in [1.29, 1.82) is 0 Å². The molecule has 0 aromatic heterocycles. The van der Waals surface area contributed by atoms with Crippen LogP contribution in [0.1, 0.15) is 25.3 Å². The number of piperidine rings is 1. The van der Waals surface area contributed by atoms with Gasteiger partial charge in [-0.05, 0) is 43.9 Å². The molecule has 1 fully saturated rings. The molecule has 1 saturated heterocycles. The summed E-state index contributed by atoms with van der Waals surface area (Å²) in [4.78, 5) is 5.04. The molecular weight excluding hydrogens is 539 g/mol. The standard InChI is InChI=1S/C23H32N4O3S.HI/c1-3-24-23(26-18-20-9-7-8-12-22(20)30-2)25-17-19-13-15-27(16-14-19)31(28,29)21-10-5-4-6-11-21;/h4-12,19H,3,13-18H2,1-2H3,(H2,24,25,26);1H. The Labute approximate surface area is 208 Å². The monoisotopic (exact) mass is 572 g/mol. The summed E-state index contributed by atoms with van der Waals surface area (Å²) in [5.74, 6) is 1.99. The van der Waals surface area contributed by atoms with E-state index in [-0.39, 0.29) is 24.0 Å². The summed E-state index contributed by atoms with van der Waals surface area (Å²) in [5, 5.41) is 6.69. The van der Waals surface area contributed by atoms with Gasteiger partial charge in [0.05, 0.1) is 18.6 Å². The minimum Gasteiger partial charge on any atom is -0.496 e. The van der Waals surface area contributed by atoms with Crippen molar-refractivity contribution in [3.05, 3.63) is 60.2 Å². The Bertz CT molecular complexity index is 962. The Kier molecular flexibility index (Phi) is 10.7. The summed E-state index contributed by atoms with van der Waals surface area (Å²) in [6.45, 7) is 5.17. The second-order valence-electron chi connectivity index (χ2n) is 7.55. The van der Waals surface area contributed by atoms with Crippen LogP contribution in [0.5, 0.6) is 5.75 Å². The first-order chi connectivity index (χ1) is 15.0. The molecule has 1 heterocycles. The van der Waals surface area contributed by atoms with Crippen molar-refractivity contribution in [1.82, 2.24) is 14.9 Å². The summed E-state index contributed by atoms with van der Waals surface area (Å²) in [6, 6.07) is 16.5. The van der Waals surface area contributed by atoms with E-state index in [9.17, 15) is 8.42 Å². The molecule has 0 amide bonds. The van der Waals surface area contributed by atoms with Gasteiger partial charge in [-0.15, -0.1) is 24.0 Å². The summed E-state index contributed by atoms with van der Waals surface area (Å²) < 4.78 is 32.6. The van der Waals surface area contributed by atoms with E-state index in [1.54, 1.807) is 35.7 Å². The Morgan fingerprint density at radius 1 is 1.06 bits per heavy atom. The number of rotatable bonds is 8. The molecule has 0 spiro atoms. The molecule has 32 heavy (non-hydrogen) atoms. The van der Waals surface area contributed by atoms with Crippen molar-refractivity contribution in [2.75, 3.05) is 33.3 Å². The summed E-state index contributed by atoms with van der Waals surface area (Å²) in [7, 11) is -1.74. The molecule has 0 atom stereocenters. The fraction of sp³-hybridized carbons (Fsp3) is 0.435. The van der Waals surface area contributed by atoms with Gasteiger partial charge < -0.3 is 15.4 Å². The maximum Gasteiger partial charge on any atom is 0.243 e. The first-order valence-corrected chi connectivity index (χ1v) is 12.2. The van der Waals surface area contributed by atoms with E-state index in [0.29, 0.717) is 30.4 Å². The molecule has 7 nitrogen and oxygen atoms in total. The van der Waals surface area contributed by atoms with E-state index in [4.69, 9.17) is 4.74 Å². The van der Waals surface area contributed by atoms with E-state index in [0.717, 1.165) is 43.2 Å². The highest BCUT2D eigenvalue weighted by Crippen LogP contribution is 2.23. The minimum absolute atomic E-state index is 0. The van der Waals surface area contributed by atoms with Crippen LogP contribution in [-0.2, 0) is 16.6 Å². The first kappa shape index (κ1) is 26.4. The fourth-order valence-corrected chi connectivity index (χ4v) is 5.17. The topological polar surface area (TPSA) is 83.0 Å². The van der Waals surface area contributed by atoms with Crippen LogP contribution < -0.4 is 15.4 Å². The third-order valence-electron chi connectivity index (χ3n) is 5.46. The molecule has 0 saturated carbocycles. The molecule has 176 valence electrons. The van der Waals surface area contributed by atoms with Gasteiger partial charge in [-0.3, -0.25) is 0 Å². The Hall–Kier alpha value is -1.85. The van der Waals surface area contributed by atoms with Gasteiger partial charge in [0.15, 0.2) is 5.96 Å². The van der Waals surface area contributed by atoms with Crippen LogP contribution in [0.3, 0.4) is 0 Å². The predicted molar refractivity (Wildman–Crippen MR) is 139 cm³/mol. The number of guanidine groups is 1. The van der Waals surface area contributed by atoms with E-state index in [1.807, 2.05) is 37.3 Å². The maximum absolute atomic E-state index is 12.8. The lowest BCUT2D eigenvalue weighted by Gasteiger charge is -2.31. The van der Waals surface area contributed by atoms with E-state index < -0.39 is 10.0 Å². The lowest BCUT2D eigenvalue weighted by molar-refractivity contribution is 0.273. The van der Waals surface area contributed by atoms with Crippen LogP contribution in [0, 0.1) is 5.92 Å². The van der Waals surface area contributed by atoms with Crippen molar-refractivity contribution in [3.63, 3.8) is 0 Å². The van der Waals surface area contributed by atoms with Crippen molar-refractivity contribution in [2.24, 2.45) is 10.9 Å². The third-order valence-corrected chi connectivity index (χ3v) is 7.37. The van der Waals surface area contributed by atoms with Crippen molar-refractivity contribution in [3.8, 4) is 5.75 Å². The maximum atomic E-state index is 12.8. The molecule has 2 N–H and O–H groups in total. The molecule has 0 radical (unpaired) electrons. The van der Waals surface area contributed by atoms with Crippen LogP contribution in [0.4, 0.5) is 0 Å². The molecule has 0 bridgehead atoms. The number of nitrogens with zero attached hydrogens (tertiary/aromatic N) is 2. The average molecular weight is 573 g/mol. The molecule has 2 aromatic rings. The highest BCUT2D eigenvalue weighted by molar-refractivity contribution is 14.0. The molecule has 1 aliphatic rings. The van der Waals surface area contributed by atoms with Crippen LogP contribution in [-0.4, -0.2) is 52.0 Å². The van der Waals surface area contributed by atoms with Crippen LogP contribution in [0.15, 0.2) is 64.5 Å². The molecule has 0 aliphatic carbocycles. The zero-order chi connectivity index (χ0) is 22.1. The normalized spacial score (nSPS) is 15.6. The van der Waals surface area contributed by atoms with E-state index in [2.05, 4.69) is 15.6 Å². The SMILES string of the molecule is CCNC(=NCc1ccccc1OC)NCC1CCN(S(=O)(=O)c2ccccc2)CC1.I. The highest BCUT2D eigenvalue weighted by atomic mass is 127. The smallest absolute Gasteiger partial charge is 0.243 e. The van der Waals surface area contributed by atoms with Gasteiger partial charge in [-0.2, -0.15) is 4.31 Å². The van der Waals surface area contributed by atoms with Gasteiger partial charge in [0.2, 0.25) is 10.0 Å². The third kappa shape index (κ3) is 7.08. The number of ether oxygens (including phenoxy) is 1. The van der Waals surface area contributed by atoms with Crippen LogP contribution >= 0.6 is 24.0 Å². The van der Waals surface area contributed by atoms with Crippen molar-refractivity contribution in [2.45, 2.75) is 31.2 Å². The lowest BCUT2D eigenvalue weighted by Crippen LogP contribution is -2.44. The zero-order valence-electron chi connectivity index (χ0n) is 18.7. The Morgan fingerprint density at radius 3 is 2.38 bits per heavy atom. The molecule has 2 aromatic carbocycles. The lowest BCUT2D eigenvalue weighted by atomic mass is 9.98. The molecule has 9 heteroatoms. The van der Waals surface area contributed by atoms with Gasteiger partial charge in [0.1, 0.15) is 5.75 Å². The van der Waals surface area contributed by atoms with Gasteiger partial charge in [0.25, 0.3) is 0 Å². The molecule has 0 unspecified atom stereocenters. The van der Waals surface area contributed by atoms with Crippen LogP contribution in [0.25, 0.3) is 0 Å². The zero-order valence-corrected chi connectivity index (χ0v) is 21.8.